The van der Waals surface area contributed by atoms with Crippen LogP contribution in [0.5, 0.6) is 5.88 Å². The number of carbonyl (C=O) groups excluding carboxylic acids is 1. The summed E-state index contributed by atoms with van der Waals surface area (Å²) in [5, 5.41) is 11.3. The van der Waals surface area contributed by atoms with Crippen molar-refractivity contribution in [3.63, 3.8) is 0 Å². The number of carbonyl (C=O) groups is 2. The molecule has 3 rings (SSSR count). The van der Waals surface area contributed by atoms with E-state index < -0.39 is 5.97 Å². The van der Waals surface area contributed by atoms with Crippen LogP contribution >= 0.6 is 0 Å². The summed E-state index contributed by atoms with van der Waals surface area (Å²) < 4.78 is 5.47. The SMILES string of the molecule is CCOc1nc(N)nc2ncc(-c3ccc(NC(=O)CCC(=O)O)cc3)nc12. The third-order valence-electron chi connectivity index (χ3n) is 3.70. The standard InChI is InChI=1S/C18H18N6O4/c1-2-28-17-15-16(23-18(19)24-17)20-9-12(22-15)10-3-5-11(6-4-10)21-13(25)7-8-14(26)27/h3-6,9H,2,7-8H2,1H3,(H,21,25)(H,26,27)(H2,19,20,23,24). The molecule has 10 heteroatoms. The van der Waals surface area contributed by atoms with Crippen molar-refractivity contribution >= 4 is 34.7 Å². The van der Waals surface area contributed by atoms with E-state index in [1.165, 1.54) is 0 Å². The highest BCUT2D eigenvalue weighted by Gasteiger charge is 2.12. The highest BCUT2D eigenvalue weighted by Crippen LogP contribution is 2.25. The van der Waals surface area contributed by atoms with E-state index in [1.54, 1.807) is 30.5 Å². The molecular formula is C18H18N6O4. The number of fused-ring (bicyclic) bond motifs is 1. The third kappa shape index (κ3) is 4.47. The number of ether oxygens (including phenoxy) is 1. The lowest BCUT2D eigenvalue weighted by Gasteiger charge is -2.08. The molecule has 3 aromatic rings. The summed E-state index contributed by atoms with van der Waals surface area (Å²) in [4.78, 5) is 39.1. The largest absolute Gasteiger partial charge is 0.481 e. The van der Waals surface area contributed by atoms with E-state index in [1.807, 2.05) is 6.92 Å². The predicted molar refractivity (Wildman–Crippen MR) is 102 cm³/mol. The van der Waals surface area contributed by atoms with Crippen molar-refractivity contribution in [3.8, 4) is 17.1 Å². The molecule has 28 heavy (non-hydrogen) atoms. The molecule has 1 amide bonds. The zero-order valence-electron chi connectivity index (χ0n) is 15.0. The second-order valence-electron chi connectivity index (χ2n) is 5.77. The number of anilines is 2. The second-order valence-corrected chi connectivity index (χ2v) is 5.77. The molecule has 0 radical (unpaired) electrons. The minimum absolute atomic E-state index is 0.0565. The Hall–Kier alpha value is -3.82. The van der Waals surface area contributed by atoms with Crippen LogP contribution in [-0.2, 0) is 9.59 Å². The second kappa shape index (κ2) is 8.25. The number of carboxylic acid groups (broad SMARTS) is 1. The van der Waals surface area contributed by atoms with Gasteiger partial charge in [0.05, 0.1) is 24.9 Å². The average molecular weight is 382 g/mol. The van der Waals surface area contributed by atoms with Crippen LogP contribution in [0.25, 0.3) is 22.4 Å². The van der Waals surface area contributed by atoms with E-state index in [0.29, 0.717) is 29.2 Å². The zero-order chi connectivity index (χ0) is 20.1. The van der Waals surface area contributed by atoms with Crippen molar-refractivity contribution in [2.75, 3.05) is 17.7 Å². The summed E-state index contributed by atoms with van der Waals surface area (Å²) in [6, 6.07) is 6.92. The first-order valence-corrected chi connectivity index (χ1v) is 8.51. The number of aromatic nitrogens is 4. The maximum Gasteiger partial charge on any atom is 0.303 e. The Morgan fingerprint density at radius 1 is 1.14 bits per heavy atom. The summed E-state index contributed by atoms with van der Waals surface area (Å²) in [5.41, 5.74) is 8.29. The van der Waals surface area contributed by atoms with Gasteiger partial charge in [0.1, 0.15) is 0 Å². The lowest BCUT2D eigenvalue weighted by molar-refractivity contribution is -0.138. The first-order chi connectivity index (χ1) is 13.5. The van der Waals surface area contributed by atoms with Gasteiger partial charge < -0.3 is 20.9 Å². The molecule has 0 saturated carbocycles. The maximum absolute atomic E-state index is 11.7. The number of benzene rings is 1. The number of nitrogens with zero attached hydrogens (tertiary/aromatic N) is 4. The molecule has 1 aromatic carbocycles. The molecule has 4 N–H and O–H groups in total. The van der Waals surface area contributed by atoms with Crippen LogP contribution < -0.4 is 15.8 Å². The first-order valence-electron chi connectivity index (χ1n) is 8.51. The molecule has 0 fully saturated rings. The Labute approximate surface area is 159 Å². The fourth-order valence-corrected chi connectivity index (χ4v) is 2.44. The Morgan fingerprint density at radius 3 is 2.57 bits per heavy atom. The number of nitrogen functional groups attached to an aromatic ring is 1. The van der Waals surface area contributed by atoms with Crippen LogP contribution in [0.4, 0.5) is 11.6 Å². The monoisotopic (exact) mass is 382 g/mol. The molecule has 0 saturated heterocycles. The van der Waals surface area contributed by atoms with Gasteiger partial charge in [0.2, 0.25) is 17.7 Å². The van der Waals surface area contributed by atoms with E-state index >= 15 is 0 Å². The topological polar surface area (TPSA) is 153 Å². The molecule has 2 aromatic heterocycles. The Morgan fingerprint density at radius 2 is 1.89 bits per heavy atom. The van der Waals surface area contributed by atoms with Gasteiger partial charge in [0.25, 0.3) is 0 Å². The van der Waals surface area contributed by atoms with Crippen LogP contribution in [0.1, 0.15) is 19.8 Å². The average Bonchev–Trinajstić information content (AvgIpc) is 2.67. The molecule has 144 valence electrons. The lowest BCUT2D eigenvalue weighted by atomic mass is 10.1. The molecule has 0 aliphatic heterocycles. The minimum Gasteiger partial charge on any atom is -0.481 e. The lowest BCUT2D eigenvalue weighted by Crippen LogP contribution is -2.13. The van der Waals surface area contributed by atoms with Crippen LogP contribution in [0, 0.1) is 0 Å². The zero-order valence-corrected chi connectivity index (χ0v) is 15.0. The van der Waals surface area contributed by atoms with Gasteiger partial charge in [0, 0.05) is 17.7 Å². The van der Waals surface area contributed by atoms with Gasteiger partial charge in [-0.15, -0.1) is 0 Å². The molecule has 0 aliphatic rings. The van der Waals surface area contributed by atoms with Gasteiger partial charge in [-0.05, 0) is 19.1 Å². The quantitative estimate of drug-likeness (QED) is 0.555. The van der Waals surface area contributed by atoms with Crippen molar-refractivity contribution in [2.24, 2.45) is 0 Å². The van der Waals surface area contributed by atoms with Gasteiger partial charge in [0.15, 0.2) is 11.2 Å². The molecule has 10 nitrogen and oxygen atoms in total. The van der Waals surface area contributed by atoms with Gasteiger partial charge in [-0.1, -0.05) is 12.1 Å². The Balaban J connectivity index is 1.82. The van der Waals surface area contributed by atoms with E-state index in [9.17, 15) is 9.59 Å². The van der Waals surface area contributed by atoms with Crippen LogP contribution in [-0.4, -0.2) is 43.5 Å². The smallest absolute Gasteiger partial charge is 0.303 e. The molecular weight excluding hydrogens is 364 g/mol. The molecule has 0 bridgehead atoms. The van der Waals surface area contributed by atoms with E-state index in [4.69, 9.17) is 15.6 Å². The number of nitrogens with two attached hydrogens (primary N) is 1. The van der Waals surface area contributed by atoms with Gasteiger partial charge in [-0.25, -0.2) is 9.97 Å². The van der Waals surface area contributed by atoms with E-state index in [-0.39, 0.29) is 30.6 Å². The Bertz CT molecular complexity index is 1020. The Kier molecular flexibility index (Phi) is 5.58. The summed E-state index contributed by atoms with van der Waals surface area (Å²) in [6.45, 7) is 2.22. The predicted octanol–water partition coefficient (Wildman–Crippen LogP) is 1.87. The van der Waals surface area contributed by atoms with Crippen molar-refractivity contribution < 1.29 is 19.4 Å². The number of rotatable bonds is 7. The molecule has 0 unspecified atom stereocenters. The van der Waals surface area contributed by atoms with Crippen LogP contribution in [0.15, 0.2) is 30.5 Å². The van der Waals surface area contributed by atoms with Gasteiger partial charge in [-0.3, -0.25) is 9.59 Å². The highest BCUT2D eigenvalue weighted by atomic mass is 16.5. The van der Waals surface area contributed by atoms with Crippen molar-refractivity contribution in [2.45, 2.75) is 19.8 Å². The van der Waals surface area contributed by atoms with Crippen molar-refractivity contribution in [3.05, 3.63) is 30.5 Å². The van der Waals surface area contributed by atoms with E-state index in [0.717, 1.165) is 5.56 Å². The van der Waals surface area contributed by atoms with Crippen LogP contribution in [0.3, 0.4) is 0 Å². The van der Waals surface area contributed by atoms with Crippen molar-refractivity contribution in [1.29, 1.82) is 0 Å². The number of carboxylic acids is 1. The summed E-state index contributed by atoms with van der Waals surface area (Å²) in [5.74, 6) is -1.06. The number of nitrogens with one attached hydrogen (secondary N) is 1. The van der Waals surface area contributed by atoms with Gasteiger partial charge in [-0.2, -0.15) is 9.97 Å². The molecule has 0 aliphatic carbocycles. The summed E-state index contributed by atoms with van der Waals surface area (Å²) in [7, 11) is 0. The number of hydrogen-bond acceptors (Lipinski definition) is 8. The fraction of sp³-hybridized carbons (Fsp3) is 0.222. The molecule has 2 heterocycles. The fourth-order valence-electron chi connectivity index (χ4n) is 2.44. The number of amides is 1. The van der Waals surface area contributed by atoms with Crippen LogP contribution in [0.2, 0.25) is 0 Å². The van der Waals surface area contributed by atoms with E-state index in [2.05, 4.69) is 25.3 Å². The number of aliphatic carboxylic acids is 1. The maximum atomic E-state index is 11.7. The van der Waals surface area contributed by atoms with Crippen molar-refractivity contribution in [1.82, 2.24) is 19.9 Å². The van der Waals surface area contributed by atoms with Gasteiger partial charge >= 0.3 is 5.97 Å². The normalized spacial score (nSPS) is 10.6. The molecule has 0 atom stereocenters. The third-order valence-corrected chi connectivity index (χ3v) is 3.70. The summed E-state index contributed by atoms with van der Waals surface area (Å²) >= 11 is 0. The minimum atomic E-state index is -1.02. The first kappa shape index (κ1) is 19.0. The summed E-state index contributed by atoms with van der Waals surface area (Å²) in [6.07, 6.45) is 1.26. The molecule has 0 spiro atoms. The highest BCUT2D eigenvalue weighted by molar-refractivity contribution is 5.92. The number of hydrogen-bond donors (Lipinski definition) is 3.